The first-order valence-electron chi connectivity index (χ1n) is 17.7. The van der Waals surface area contributed by atoms with Crippen LogP contribution < -0.4 is 16.0 Å². The third-order valence-corrected chi connectivity index (χ3v) is 8.15. The second kappa shape index (κ2) is 31.6. The van der Waals surface area contributed by atoms with Crippen LogP contribution >= 0.6 is 12.6 Å². The van der Waals surface area contributed by atoms with Gasteiger partial charge in [0.25, 0.3) is 0 Å². The van der Waals surface area contributed by atoms with Gasteiger partial charge in [-0.05, 0) is 26.2 Å². The lowest BCUT2D eigenvalue weighted by Gasteiger charge is -2.14. The summed E-state index contributed by atoms with van der Waals surface area (Å²) in [6.45, 7) is 2.05. The summed E-state index contributed by atoms with van der Waals surface area (Å²) in [5, 5.41) is 25.2. The lowest BCUT2D eigenvalue weighted by Crippen LogP contribution is -2.41. The lowest BCUT2D eigenvalue weighted by atomic mass is 10.0. The van der Waals surface area contributed by atoms with Gasteiger partial charge in [0, 0.05) is 25.8 Å². The van der Waals surface area contributed by atoms with Crippen molar-refractivity contribution >= 4 is 47.4 Å². The summed E-state index contributed by atoms with van der Waals surface area (Å²) in [6.07, 6.45) is 18.4. The summed E-state index contributed by atoms with van der Waals surface area (Å²) < 4.78 is 10.5. The van der Waals surface area contributed by atoms with Crippen molar-refractivity contribution in [2.24, 2.45) is 0 Å². The van der Waals surface area contributed by atoms with E-state index >= 15 is 0 Å². The molecule has 3 amide bonds. The fourth-order valence-electron chi connectivity index (χ4n) is 4.92. The van der Waals surface area contributed by atoms with E-state index in [1.807, 2.05) is 0 Å². The molecule has 48 heavy (non-hydrogen) atoms. The zero-order chi connectivity index (χ0) is 35.8. The molecule has 0 rings (SSSR count). The van der Waals surface area contributed by atoms with Gasteiger partial charge in [-0.2, -0.15) is 0 Å². The molecule has 0 aliphatic rings. The van der Waals surface area contributed by atoms with Crippen molar-refractivity contribution in [1.29, 1.82) is 0 Å². The highest BCUT2D eigenvalue weighted by Gasteiger charge is 2.20. The highest BCUT2D eigenvalue weighted by molar-refractivity contribution is 7.96. The molecule has 0 aromatic carbocycles. The molecule has 0 bridgehead atoms. The van der Waals surface area contributed by atoms with Gasteiger partial charge in [0.05, 0.1) is 25.9 Å². The van der Waals surface area contributed by atoms with Crippen LogP contribution in [0.4, 0.5) is 0 Å². The summed E-state index contributed by atoms with van der Waals surface area (Å²) in [7, 11) is 0. The summed E-state index contributed by atoms with van der Waals surface area (Å²) in [5.74, 6) is -2.99. The molecule has 0 unspecified atom stereocenters. The van der Waals surface area contributed by atoms with Crippen LogP contribution in [-0.4, -0.2) is 90.0 Å². The van der Waals surface area contributed by atoms with Crippen molar-refractivity contribution in [3.8, 4) is 0 Å². The largest absolute Gasteiger partial charge is 0.481 e. The van der Waals surface area contributed by atoms with Gasteiger partial charge in [-0.15, -0.1) is 12.6 Å². The van der Waals surface area contributed by atoms with E-state index in [1.165, 1.54) is 64.7 Å². The molecule has 0 heterocycles. The van der Waals surface area contributed by atoms with E-state index in [0.29, 0.717) is 6.42 Å². The topological polar surface area (TPSA) is 197 Å². The fraction of sp³-hybridized carbons (Fsp3) is 0.824. The number of rotatable bonds is 34. The molecular weight excluding hydrogens is 642 g/mol. The molecule has 0 aliphatic heterocycles. The number of carboxylic acids is 2. The van der Waals surface area contributed by atoms with E-state index in [0.717, 1.165) is 38.5 Å². The number of unbranched alkanes of at least 4 members (excludes halogenated alkanes) is 15. The maximum Gasteiger partial charge on any atom is 0.326 e. The van der Waals surface area contributed by atoms with Gasteiger partial charge in [-0.1, -0.05) is 89.9 Å². The molecular formula is C34H61N3O10S. The Balaban J connectivity index is 3.68. The number of amides is 3. The summed E-state index contributed by atoms with van der Waals surface area (Å²) in [6, 6.07) is -1.83. The van der Waals surface area contributed by atoms with Crippen LogP contribution in [0.5, 0.6) is 0 Å². The fourth-order valence-corrected chi connectivity index (χ4v) is 4.98. The van der Waals surface area contributed by atoms with Gasteiger partial charge in [-0.3, -0.25) is 24.0 Å². The van der Waals surface area contributed by atoms with E-state index < -0.39 is 35.0 Å². The van der Waals surface area contributed by atoms with E-state index in [1.54, 1.807) is 0 Å². The molecule has 0 radical (unpaired) electrons. The molecule has 0 fully saturated rings. The maximum atomic E-state index is 12.3. The van der Waals surface area contributed by atoms with Crippen molar-refractivity contribution in [2.45, 2.75) is 147 Å². The van der Waals surface area contributed by atoms with Crippen molar-refractivity contribution in [2.75, 3.05) is 33.0 Å². The zero-order valence-electron chi connectivity index (χ0n) is 28.9. The van der Waals surface area contributed by atoms with Gasteiger partial charge >= 0.3 is 11.9 Å². The Labute approximate surface area is 291 Å². The molecule has 0 saturated heterocycles. The standard InChI is InChI=1S/C34H61N3O10S/c1-27(34(45)48)36-31(40)26-47-25-24-46-23-22-35-29(38)21-20-28(33(43)44)37-30(39)18-16-14-12-10-8-6-4-2-3-5-7-9-11-13-15-17-19-32(41)42/h27-28H,2-26H2,1H3,(H,35,38)(H,36,40)(H,37,39)(H,41,42)(H,43,44)(H,45,48)/t27-,28-/m0/s1. The SMILES string of the molecule is C[C@H](NC(=O)COCCOCCNC(=O)CC[C@H](NC(=O)CCCCCCCCCCCCCCCCCCC(=O)O)C(=O)O)C(=O)S. The van der Waals surface area contributed by atoms with E-state index in [4.69, 9.17) is 14.6 Å². The minimum Gasteiger partial charge on any atom is -0.481 e. The Hall–Kier alpha value is -2.71. The van der Waals surface area contributed by atoms with Crippen molar-refractivity contribution in [1.82, 2.24) is 16.0 Å². The third-order valence-electron chi connectivity index (χ3n) is 7.76. The highest BCUT2D eigenvalue weighted by atomic mass is 32.1. The van der Waals surface area contributed by atoms with Crippen molar-refractivity contribution in [3.63, 3.8) is 0 Å². The predicted octanol–water partition coefficient (Wildman–Crippen LogP) is 4.55. The minimum atomic E-state index is -1.18. The Morgan fingerprint density at radius 1 is 0.583 bits per heavy atom. The van der Waals surface area contributed by atoms with Crippen molar-refractivity contribution < 1.29 is 48.5 Å². The minimum absolute atomic E-state index is 0.0166. The van der Waals surface area contributed by atoms with Crippen LogP contribution in [0.3, 0.4) is 0 Å². The summed E-state index contributed by atoms with van der Waals surface area (Å²) in [5.41, 5.74) is 0. The zero-order valence-corrected chi connectivity index (χ0v) is 29.8. The first-order valence-corrected chi connectivity index (χ1v) is 18.2. The molecule has 0 aromatic heterocycles. The van der Waals surface area contributed by atoms with E-state index in [-0.39, 0.29) is 70.5 Å². The molecule has 0 aliphatic carbocycles. The number of ether oxygens (including phenoxy) is 2. The average molecular weight is 704 g/mol. The van der Waals surface area contributed by atoms with E-state index in [9.17, 15) is 33.9 Å². The Morgan fingerprint density at radius 2 is 1.06 bits per heavy atom. The van der Waals surface area contributed by atoms with Crippen LogP contribution in [-0.2, 0) is 38.2 Å². The Kier molecular flexibility index (Phi) is 29.8. The summed E-state index contributed by atoms with van der Waals surface area (Å²) in [4.78, 5) is 69.0. The monoisotopic (exact) mass is 703 g/mol. The summed E-state index contributed by atoms with van der Waals surface area (Å²) >= 11 is 3.63. The molecule has 0 spiro atoms. The van der Waals surface area contributed by atoms with Gasteiger partial charge < -0.3 is 35.6 Å². The Morgan fingerprint density at radius 3 is 1.54 bits per heavy atom. The first-order chi connectivity index (χ1) is 23.0. The van der Waals surface area contributed by atoms with Crippen LogP contribution in [0.1, 0.15) is 135 Å². The number of aliphatic carboxylic acids is 2. The second-order valence-electron chi connectivity index (χ2n) is 12.2. The average Bonchev–Trinajstić information content (AvgIpc) is 3.03. The van der Waals surface area contributed by atoms with E-state index in [2.05, 4.69) is 28.6 Å². The van der Waals surface area contributed by atoms with Crippen LogP contribution in [0, 0.1) is 0 Å². The number of thiol groups is 1. The molecule has 0 saturated carbocycles. The Bertz CT molecular complexity index is 922. The molecule has 278 valence electrons. The maximum absolute atomic E-state index is 12.3. The molecule has 2 atom stereocenters. The van der Waals surface area contributed by atoms with Crippen LogP contribution in [0.25, 0.3) is 0 Å². The number of hydrogen-bond acceptors (Lipinski definition) is 8. The number of nitrogens with one attached hydrogen (secondary N) is 3. The first kappa shape index (κ1) is 45.3. The number of hydrogen-bond donors (Lipinski definition) is 6. The van der Waals surface area contributed by atoms with Crippen LogP contribution in [0.2, 0.25) is 0 Å². The normalized spacial score (nSPS) is 12.2. The molecule has 13 nitrogen and oxygen atoms in total. The lowest BCUT2D eigenvalue weighted by molar-refractivity contribution is -0.142. The second-order valence-corrected chi connectivity index (χ2v) is 12.6. The van der Waals surface area contributed by atoms with Gasteiger partial charge in [0.15, 0.2) is 0 Å². The van der Waals surface area contributed by atoms with Gasteiger partial charge in [0.2, 0.25) is 22.8 Å². The third kappa shape index (κ3) is 30.6. The number of carbonyl (C=O) groups excluding carboxylic acids is 4. The molecule has 0 aromatic rings. The molecule has 14 heteroatoms. The highest BCUT2D eigenvalue weighted by Crippen LogP contribution is 2.14. The van der Waals surface area contributed by atoms with Crippen LogP contribution in [0.15, 0.2) is 0 Å². The van der Waals surface area contributed by atoms with Crippen molar-refractivity contribution in [3.05, 3.63) is 0 Å². The smallest absolute Gasteiger partial charge is 0.326 e. The predicted molar refractivity (Wildman–Crippen MR) is 186 cm³/mol. The van der Waals surface area contributed by atoms with Gasteiger partial charge in [0.1, 0.15) is 12.6 Å². The van der Waals surface area contributed by atoms with Gasteiger partial charge in [-0.25, -0.2) is 4.79 Å². The molecule has 5 N–H and O–H groups in total. The number of carboxylic acid groups (broad SMARTS) is 2. The number of carbonyl (C=O) groups is 6. The quantitative estimate of drug-likeness (QED) is 0.0408.